The molecule has 0 radical (unpaired) electrons. The molecule has 2 rings (SSSR count). The largest absolute Gasteiger partial charge is 0.496 e. The van der Waals surface area contributed by atoms with Crippen molar-refractivity contribution < 1.29 is 9.84 Å². The molecule has 0 aromatic heterocycles. The molecule has 0 saturated heterocycles. The molecular formula is C19H24O2. The molecule has 21 heavy (non-hydrogen) atoms. The first-order valence-electron chi connectivity index (χ1n) is 7.23. The Labute approximate surface area is 127 Å². The molecule has 0 saturated carbocycles. The minimum absolute atomic E-state index is 0.106. The summed E-state index contributed by atoms with van der Waals surface area (Å²) in [5.41, 5.74) is 1.91. The molecule has 1 unspecified atom stereocenters. The Balaban J connectivity index is 2.44. The van der Waals surface area contributed by atoms with Crippen molar-refractivity contribution in [3.63, 3.8) is 0 Å². The van der Waals surface area contributed by atoms with Crippen LogP contribution in [0.2, 0.25) is 0 Å². The van der Waals surface area contributed by atoms with Crippen LogP contribution in [0.1, 0.15) is 44.4 Å². The average Bonchev–Trinajstić information content (AvgIpc) is 2.46. The first kappa shape index (κ1) is 15.6. The Kier molecular flexibility index (Phi) is 4.11. The van der Waals surface area contributed by atoms with Gasteiger partial charge in [-0.05, 0) is 29.5 Å². The lowest BCUT2D eigenvalue weighted by Crippen LogP contribution is -2.24. The van der Waals surface area contributed by atoms with E-state index in [9.17, 15) is 5.11 Å². The lowest BCUT2D eigenvalue weighted by molar-refractivity contribution is 0.0989. The van der Waals surface area contributed by atoms with Crippen LogP contribution in [0.25, 0.3) is 0 Å². The number of ether oxygens (including phenoxy) is 1. The van der Waals surface area contributed by atoms with E-state index in [1.54, 1.807) is 14.0 Å². The third-order valence-corrected chi connectivity index (χ3v) is 3.94. The molecule has 0 heterocycles. The second-order valence-corrected chi connectivity index (χ2v) is 6.60. The number of hydrogen-bond donors (Lipinski definition) is 1. The maximum absolute atomic E-state index is 11.0. The number of aliphatic hydroxyl groups is 1. The van der Waals surface area contributed by atoms with Crippen molar-refractivity contribution in [3.8, 4) is 5.75 Å². The predicted octanol–water partition coefficient (Wildman–Crippen LogP) is 4.25. The number of hydrogen-bond acceptors (Lipinski definition) is 2. The van der Waals surface area contributed by atoms with Crippen LogP contribution >= 0.6 is 0 Å². The second-order valence-electron chi connectivity index (χ2n) is 6.60. The highest BCUT2D eigenvalue weighted by Crippen LogP contribution is 2.36. The summed E-state index contributed by atoms with van der Waals surface area (Å²) in [4.78, 5) is 0. The molecule has 0 amide bonds. The van der Waals surface area contributed by atoms with E-state index < -0.39 is 5.60 Å². The first-order chi connectivity index (χ1) is 9.76. The van der Waals surface area contributed by atoms with Gasteiger partial charge in [-0.25, -0.2) is 0 Å². The number of methoxy groups -OCH3 is 1. The van der Waals surface area contributed by atoms with Gasteiger partial charge in [0.1, 0.15) is 11.4 Å². The average molecular weight is 284 g/mol. The Morgan fingerprint density at radius 3 is 1.86 bits per heavy atom. The minimum atomic E-state index is -1.08. The normalized spacial score (nSPS) is 14.6. The fraction of sp³-hybridized carbons (Fsp3) is 0.368. The van der Waals surface area contributed by atoms with Crippen molar-refractivity contribution in [2.24, 2.45) is 0 Å². The quantitative estimate of drug-likeness (QED) is 0.913. The van der Waals surface area contributed by atoms with E-state index in [4.69, 9.17) is 4.74 Å². The van der Waals surface area contributed by atoms with Gasteiger partial charge in [0, 0.05) is 5.56 Å². The monoisotopic (exact) mass is 284 g/mol. The third-order valence-electron chi connectivity index (χ3n) is 3.94. The summed E-state index contributed by atoms with van der Waals surface area (Å²) in [6.45, 7) is 8.35. The first-order valence-corrected chi connectivity index (χ1v) is 7.23. The van der Waals surface area contributed by atoms with Crippen LogP contribution < -0.4 is 4.74 Å². The zero-order valence-electron chi connectivity index (χ0n) is 13.5. The van der Waals surface area contributed by atoms with Gasteiger partial charge < -0.3 is 9.84 Å². The highest BCUT2D eigenvalue weighted by atomic mass is 16.5. The molecule has 0 bridgehead atoms. The van der Waals surface area contributed by atoms with Crippen molar-refractivity contribution >= 4 is 0 Å². The van der Waals surface area contributed by atoms with E-state index in [-0.39, 0.29) is 5.41 Å². The molecular weight excluding hydrogens is 260 g/mol. The van der Waals surface area contributed by atoms with Crippen LogP contribution in [0, 0.1) is 0 Å². The van der Waals surface area contributed by atoms with Gasteiger partial charge >= 0.3 is 0 Å². The summed E-state index contributed by atoms with van der Waals surface area (Å²) < 4.78 is 5.37. The number of para-hydroxylation sites is 1. The van der Waals surface area contributed by atoms with Gasteiger partial charge in [0.2, 0.25) is 0 Å². The second kappa shape index (κ2) is 5.53. The van der Waals surface area contributed by atoms with E-state index >= 15 is 0 Å². The molecule has 0 aliphatic carbocycles. The molecule has 0 aliphatic heterocycles. The van der Waals surface area contributed by atoms with Gasteiger partial charge in [-0.2, -0.15) is 0 Å². The third kappa shape index (κ3) is 3.11. The van der Waals surface area contributed by atoms with Gasteiger partial charge in [-0.3, -0.25) is 0 Å². The Bertz CT molecular complexity index is 604. The Hall–Kier alpha value is -1.80. The molecule has 0 fully saturated rings. The maximum Gasteiger partial charge on any atom is 0.125 e. The van der Waals surface area contributed by atoms with Gasteiger partial charge in [0.15, 0.2) is 0 Å². The Morgan fingerprint density at radius 2 is 1.33 bits per heavy atom. The lowest BCUT2D eigenvalue weighted by atomic mass is 9.83. The number of rotatable bonds is 3. The van der Waals surface area contributed by atoms with E-state index in [0.717, 1.165) is 11.1 Å². The van der Waals surface area contributed by atoms with E-state index in [0.29, 0.717) is 5.75 Å². The van der Waals surface area contributed by atoms with Gasteiger partial charge in [-0.15, -0.1) is 0 Å². The summed E-state index contributed by atoms with van der Waals surface area (Å²) >= 11 is 0. The van der Waals surface area contributed by atoms with Crippen molar-refractivity contribution in [3.05, 3.63) is 65.2 Å². The van der Waals surface area contributed by atoms with Crippen LogP contribution in [0.5, 0.6) is 5.75 Å². The fourth-order valence-corrected chi connectivity index (χ4v) is 2.50. The van der Waals surface area contributed by atoms with E-state index in [1.165, 1.54) is 5.56 Å². The standard InChI is InChI=1S/C19H24O2/c1-18(2,3)14-10-12-15(13-11-14)19(4,20)16-8-6-7-9-17(16)21-5/h6-13,20H,1-5H3. The van der Waals surface area contributed by atoms with Crippen LogP contribution in [-0.4, -0.2) is 12.2 Å². The summed E-state index contributed by atoms with van der Waals surface area (Å²) in [5.74, 6) is 0.697. The molecule has 0 aliphatic rings. The van der Waals surface area contributed by atoms with Crippen LogP contribution in [0.3, 0.4) is 0 Å². The molecule has 1 atom stereocenters. The number of benzene rings is 2. The zero-order valence-corrected chi connectivity index (χ0v) is 13.5. The highest BCUT2D eigenvalue weighted by Gasteiger charge is 2.29. The smallest absolute Gasteiger partial charge is 0.125 e. The lowest BCUT2D eigenvalue weighted by Gasteiger charge is -2.27. The zero-order chi connectivity index (χ0) is 15.7. The van der Waals surface area contributed by atoms with Crippen LogP contribution in [-0.2, 0) is 11.0 Å². The Morgan fingerprint density at radius 1 is 0.810 bits per heavy atom. The van der Waals surface area contributed by atoms with Crippen molar-refractivity contribution in [2.45, 2.75) is 38.7 Å². The SMILES string of the molecule is COc1ccccc1C(C)(O)c1ccc(C(C)(C)C)cc1. The summed E-state index contributed by atoms with van der Waals surface area (Å²) in [6, 6.07) is 15.7. The van der Waals surface area contributed by atoms with Crippen LogP contribution in [0.15, 0.2) is 48.5 Å². The molecule has 112 valence electrons. The molecule has 2 aromatic carbocycles. The highest BCUT2D eigenvalue weighted by molar-refractivity contribution is 5.44. The predicted molar refractivity (Wildman–Crippen MR) is 86.8 cm³/mol. The van der Waals surface area contributed by atoms with Gasteiger partial charge in [0.25, 0.3) is 0 Å². The van der Waals surface area contributed by atoms with Crippen LogP contribution in [0.4, 0.5) is 0 Å². The van der Waals surface area contributed by atoms with Gasteiger partial charge in [0.05, 0.1) is 7.11 Å². The topological polar surface area (TPSA) is 29.5 Å². The van der Waals surface area contributed by atoms with E-state index in [2.05, 4.69) is 32.9 Å². The maximum atomic E-state index is 11.0. The van der Waals surface area contributed by atoms with E-state index in [1.807, 2.05) is 36.4 Å². The van der Waals surface area contributed by atoms with Crippen molar-refractivity contribution in [2.75, 3.05) is 7.11 Å². The molecule has 0 spiro atoms. The summed E-state index contributed by atoms with van der Waals surface area (Å²) in [6.07, 6.45) is 0. The molecule has 2 heteroatoms. The molecule has 2 aromatic rings. The summed E-state index contributed by atoms with van der Waals surface area (Å²) in [7, 11) is 1.62. The van der Waals surface area contributed by atoms with Crippen molar-refractivity contribution in [1.82, 2.24) is 0 Å². The molecule has 1 N–H and O–H groups in total. The minimum Gasteiger partial charge on any atom is -0.496 e. The van der Waals surface area contributed by atoms with Crippen molar-refractivity contribution in [1.29, 1.82) is 0 Å². The summed E-state index contributed by atoms with van der Waals surface area (Å²) in [5, 5.41) is 11.0. The van der Waals surface area contributed by atoms with Gasteiger partial charge in [-0.1, -0.05) is 63.2 Å². The fourth-order valence-electron chi connectivity index (χ4n) is 2.50. The molecule has 2 nitrogen and oxygen atoms in total.